The van der Waals surface area contributed by atoms with Gasteiger partial charge in [-0.25, -0.2) is 0 Å². The SMILES string of the molecule is CNCCCC(=O)NC1(c2noc(C)n2)CCCC1. The Balaban J connectivity index is 2.02. The van der Waals surface area contributed by atoms with Gasteiger partial charge in [0.25, 0.3) is 0 Å². The fourth-order valence-corrected chi connectivity index (χ4v) is 2.63. The van der Waals surface area contributed by atoms with Crippen molar-refractivity contribution in [2.24, 2.45) is 0 Å². The summed E-state index contributed by atoms with van der Waals surface area (Å²) in [6.45, 7) is 2.62. The molecule has 1 aliphatic rings. The minimum absolute atomic E-state index is 0.0691. The fourth-order valence-electron chi connectivity index (χ4n) is 2.63. The van der Waals surface area contributed by atoms with Gasteiger partial charge in [0, 0.05) is 13.3 Å². The van der Waals surface area contributed by atoms with Gasteiger partial charge < -0.3 is 15.2 Å². The molecule has 0 aliphatic heterocycles. The summed E-state index contributed by atoms with van der Waals surface area (Å²) >= 11 is 0. The van der Waals surface area contributed by atoms with Crippen LogP contribution < -0.4 is 10.6 Å². The maximum Gasteiger partial charge on any atom is 0.223 e. The molecule has 0 atom stereocenters. The molecule has 0 bridgehead atoms. The van der Waals surface area contributed by atoms with Crippen molar-refractivity contribution < 1.29 is 9.32 Å². The molecular formula is C13H22N4O2. The Kier molecular flexibility index (Phi) is 4.52. The van der Waals surface area contributed by atoms with E-state index in [2.05, 4.69) is 20.8 Å². The summed E-state index contributed by atoms with van der Waals surface area (Å²) in [7, 11) is 1.89. The van der Waals surface area contributed by atoms with Crippen molar-refractivity contribution in [3.63, 3.8) is 0 Å². The van der Waals surface area contributed by atoms with Crippen LogP contribution in [-0.4, -0.2) is 29.6 Å². The van der Waals surface area contributed by atoms with Crippen LogP contribution in [0.1, 0.15) is 50.2 Å². The van der Waals surface area contributed by atoms with Gasteiger partial charge in [-0.1, -0.05) is 18.0 Å². The number of carbonyl (C=O) groups is 1. The van der Waals surface area contributed by atoms with Gasteiger partial charge in [-0.15, -0.1) is 0 Å². The van der Waals surface area contributed by atoms with Crippen LogP contribution in [0.2, 0.25) is 0 Å². The van der Waals surface area contributed by atoms with Crippen LogP contribution in [0, 0.1) is 6.92 Å². The van der Waals surface area contributed by atoms with Crippen LogP contribution >= 0.6 is 0 Å². The van der Waals surface area contributed by atoms with Crippen LogP contribution in [-0.2, 0) is 10.3 Å². The van der Waals surface area contributed by atoms with E-state index < -0.39 is 5.54 Å². The first kappa shape index (κ1) is 14.0. The zero-order valence-electron chi connectivity index (χ0n) is 11.7. The van der Waals surface area contributed by atoms with Crippen molar-refractivity contribution >= 4 is 5.91 Å². The zero-order valence-corrected chi connectivity index (χ0v) is 11.7. The highest BCUT2D eigenvalue weighted by Crippen LogP contribution is 2.37. The molecule has 1 amide bonds. The second kappa shape index (κ2) is 6.14. The Hall–Kier alpha value is -1.43. The van der Waals surface area contributed by atoms with Crippen molar-refractivity contribution in [3.05, 3.63) is 11.7 Å². The molecule has 1 heterocycles. The lowest BCUT2D eigenvalue weighted by atomic mass is 9.96. The predicted molar refractivity (Wildman–Crippen MR) is 70.5 cm³/mol. The summed E-state index contributed by atoms with van der Waals surface area (Å²) in [4.78, 5) is 16.3. The lowest BCUT2D eigenvalue weighted by Gasteiger charge is -2.26. The summed E-state index contributed by atoms with van der Waals surface area (Å²) in [6, 6.07) is 0. The Morgan fingerprint density at radius 3 is 2.74 bits per heavy atom. The molecule has 1 aromatic rings. The molecule has 0 radical (unpaired) electrons. The molecule has 0 unspecified atom stereocenters. The van der Waals surface area contributed by atoms with Gasteiger partial charge in [0.2, 0.25) is 11.8 Å². The number of aryl methyl sites for hydroxylation is 1. The quantitative estimate of drug-likeness (QED) is 0.758. The minimum Gasteiger partial charge on any atom is -0.343 e. The number of hydrogen-bond donors (Lipinski definition) is 2. The largest absolute Gasteiger partial charge is 0.343 e. The van der Waals surface area contributed by atoms with Crippen molar-refractivity contribution in [1.29, 1.82) is 0 Å². The average Bonchev–Trinajstić information content (AvgIpc) is 2.99. The Labute approximate surface area is 113 Å². The monoisotopic (exact) mass is 266 g/mol. The molecule has 2 rings (SSSR count). The topological polar surface area (TPSA) is 80.0 Å². The number of rotatable bonds is 6. The molecule has 0 spiro atoms. The number of amides is 1. The van der Waals surface area contributed by atoms with Crippen molar-refractivity contribution in [3.8, 4) is 0 Å². The number of carbonyl (C=O) groups excluding carboxylic acids is 1. The number of aromatic nitrogens is 2. The van der Waals surface area contributed by atoms with E-state index >= 15 is 0 Å². The van der Waals surface area contributed by atoms with Crippen LogP contribution in [0.5, 0.6) is 0 Å². The number of hydrogen-bond acceptors (Lipinski definition) is 5. The molecule has 106 valence electrons. The smallest absolute Gasteiger partial charge is 0.223 e. The van der Waals surface area contributed by atoms with Crippen LogP contribution in [0.3, 0.4) is 0 Å². The average molecular weight is 266 g/mol. The van der Waals surface area contributed by atoms with E-state index in [1.807, 2.05) is 7.05 Å². The first-order valence-electron chi connectivity index (χ1n) is 6.93. The molecule has 0 aromatic carbocycles. The lowest BCUT2D eigenvalue weighted by molar-refractivity contribution is -0.123. The third-order valence-electron chi connectivity index (χ3n) is 3.62. The van der Waals surface area contributed by atoms with Gasteiger partial charge in [0.15, 0.2) is 5.82 Å². The third-order valence-corrected chi connectivity index (χ3v) is 3.62. The van der Waals surface area contributed by atoms with E-state index in [0.717, 1.165) is 38.6 Å². The normalized spacial score (nSPS) is 17.6. The molecule has 0 saturated heterocycles. The number of nitrogens with one attached hydrogen (secondary N) is 2. The predicted octanol–water partition coefficient (Wildman–Crippen LogP) is 1.26. The van der Waals surface area contributed by atoms with Crippen molar-refractivity contribution in [2.45, 2.75) is 51.0 Å². The van der Waals surface area contributed by atoms with Gasteiger partial charge in [-0.3, -0.25) is 4.79 Å². The zero-order chi connectivity index (χ0) is 13.7. The van der Waals surface area contributed by atoms with Crippen molar-refractivity contribution in [2.75, 3.05) is 13.6 Å². The van der Waals surface area contributed by atoms with Gasteiger partial charge >= 0.3 is 0 Å². The summed E-state index contributed by atoms with van der Waals surface area (Å²) in [5.74, 6) is 1.25. The molecule has 6 heteroatoms. The van der Waals surface area contributed by atoms with Gasteiger partial charge in [0.05, 0.1) is 0 Å². The summed E-state index contributed by atoms with van der Waals surface area (Å²) in [6.07, 6.45) is 5.32. The Morgan fingerprint density at radius 2 is 2.16 bits per heavy atom. The van der Waals surface area contributed by atoms with E-state index in [1.54, 1.807) is 6.92 Å². The first-order chi connectivity index (χ1) is 9.16. The van der Waals surface area contributed by atoms with E-state index in [1.165, 1.54) is 0 Å². The molecular weight excluding hydrogens is 244 g/mol. The molecule has 1 saturated carbocycles. The molecule has 6 nitrogen and oxygen atoms in total. The van der Waals surface area contributed by atoms with E-state index in [4.69, 9.17) is 4.52 Å². The maximum absolute atomic E-state index is 12.0. The van der Waals surface area contributed by atoms with E-state index in [-0.39, 0.29) is 5.91 Å². The fraction of sp³-hybridized carbons (Fsp3) is 0.769. The van der Waals surface area contributed by atoms with Crippen LogP contribution in [0.15, 0.2) is 4.52 Å². The molecule has 1 aromatic heterocycles. The lowest BCUT2D eigenvalue weighted by Crippen LogP contribution is -2.44. The van der Waals surface area contributed by atoms with Gasteiger partial charge in [0.1, 0.15) is 5.54 Å². The van der Waals surface area contributed by atoms with E-state index in [9.17, 15) is 4.79 Å². The van der Waals surface area contributed by atoms with Crippen LogP contribution in [0.4, 0.5) is 0 Å². The first-order valence-corrected chi connectivity index (χ1v) is 6.93. The molecule has 2 N–H and O–H groups in total. The summed E-state index contributed by atoms with van der Waals surface area (Å²) < 4.78 is 5.06. The molecule has 1 aliphatic carbocycles. The Morgan fingerprint density at radius 1 is 1.42 bits per heavy atom. The van der Waals surface area contributed by atoms with Gasteiger partial charge in [-0.2, -0.15) is 4.98 Å². The molecule has 19 heavy (non-hydrogen) atoms. The maximum atomic E-state index is 12.0. The summed E-state index contributed by atoms with van der Waals surface area (Å²) in [5.41, 5.74) is -0.408. The standard InChI is InChI=1S/C13H22N4O2/c1-10-15-12(17-19-10)13(7-3-4-8-13)16-11(18)6-5-9-14-2/h14H,3-9H2,1-2H3,(H,16,18). The second-order valence-corrected chi connectivity index (χ2v) is 5.18. The highest BCUT2D eigenvalue weighted by molar-refractivity contribution is 5.76. The van der Waals surface area contributed by atoms with E-state index in [0.29, 0.717) is 18.1 Å². The van der Waals surface area contributed by atoms with Gasteiger partial charge in [-0.05, 0) is 32.9 Å². The summed E-state index contributed by atoms with van der Waals surface area (Å²) in [5, 5.41) is 10.2. The Bertz CT molecular complexity index is 424. The van der Waals surface area contributed by atoms with Crippen LogP contribution in [0.25, 0.3) is 0 Å². The molecule has 1 fully saturated rings. The second-order valence-electron chi connectivity index (χ2n) is 5.18. The van der Waals surface area contributed by atoms with Crippen molar-refractivity contribution in [1.82, 2.24) is 20.8 Å². The number of nitrogens with zero attached hydrogens (tertiary/aromatic N) is 2. The highest BCUT2D eigenvalue weighted by atomic mass is 16.5. The minimum atomic E-state index is -0.408. The highest BCUT2D eigenvalue weighted by Gasteiger charge is 2.40. The third kappa shape index (κ3) is 3.32.